The van der Waals surface area contributed by atoms with Crippen molar-refractivity contribution in [3.05, 3.63) is 43.4 Å². The second kappa shape index (κ2) is 13.7. The standard InChI is InChI=1S/C29H38F6N4S2/c1-20(40(30,31)32)22-14-29(4,5)16-26(25(22)18-37)39-12-10-8-6-7-9-11-21-13-28(2,3)15-23(24(21)17-36)27(19-38)41(33,34)35/h39H,6-16H2,1-5H3/b22-20-,27-23+. The molecule has 2 rings (SSSR count). The van der Waals surface area contributed by atoms with Crippen LogP contribution in [0, 0.1) is 44.8 Å². The summed E-state index contributed by atoms with van der Waals surface area (Å²) in [5.41, 5.74) is 0.374. The van der Waals surface area contributed by atoms with Gasteiger partial charge in [-0.15, -0.1) is 23.3 Å². The summed E-state index contributed by atoms with van der Waals surface area (Å²) in [6.45, 7) is 9.06. The first-order chi connectivity index (χ1) is 18.9. The second-order valence-electron chi connectivity index (χ2n) is 12.3. The summed E-state index contributed by atoms with van der Waals surface area (Å²) in [6.07, 6.45) is 5.65. The molecule has 0 radical (unpaired) electrons. The minimum atomic E-state index is -5.75. The smallest absolute Gasteiger partial charge is 0.248 e. The van der Waals surface area contributed by atoms with Gasteiger partial charge in [0.2, 0.25) is 22.4 Å². The predicted molar refractivity (Wildman–Crippen MR) is 154 cm³/mol. The Morgan fingerprint density at radius 2 is 1.27 bits per heavy atom. The SMILES string of the molecule is C/C(=C1\CC(C)(C)CC(NCCCCCCCC2=C(C#N)/C(=C(\C#N)S(F)(F)F)CC(C)(C)C2)=C1C#N)S(F)(F)F. The van der Waals surface area contributed by atoms with Gasteiger partial charge in [0.1, 0.15) is 12.1 Å². The van der Waals surface area contributed by atoms with Gasteiger partial charge in [-0.3, -0.25) is 0 Å². The number of nitrogens with one attached hydrogen (secondary N) is 1. The molecule has 0 fully saturated rings. The van der Waals surface area contributed by atoms with E-state index in [0.29, 0.717) is 43.5 Å². The minimum absolute atomic E-state index is 0.0163. The molecule has 2 aliphatic rings. The molecule has 0 heterocycles. The van der Waals surface area contributed by atoms with Crippen molar-refractivity contribution in [3.8, 4) is 18.2 Å². The molecule has 0 atom stereocenters. The molecule has 0 aromatic heterocycles. The van der Waals surface area contributed by atoms with E-state index in [1.165, 1.54) is 6.07 Å². The Balaban J connectivity index is 1.99. The Bertz CT molecular complexity index is 1260. The number of unbranched alkanes of at least 4 members (excludes halogenated alkanes) is 4. The van der Waals surface area contributed by atoms with Crippen molar-refractivity contribution in [1.29, 1.82) is 15.8 Å². The molecule has 0 aromatic carbocycles. The average molecular weight is 621 g/mol. The highest BCUT2D eigenvalue weighted by Gasteiger charge is 2.39. The summed E-state index contributed by atoms with van der Waals surface area (Å²) >= 11 is -11.2. The van der Waals surface area contributed by atoms with E-state index in [4.69, 9.17) is 0 Å². The van der Waals surface area contributed by atoms with E-state index < -0.39 is 43.0 Å². The average Bonchev–Trinajstić information content (AvgIpc) is 2.82. The first-order valence-electron chi connectivity index (χ1n) is 13.5. The lowest BCUT2D eigenvalue weighted by Gasteiger charge is -2.35. The maximum Gasteiger partial charge on any atom is 0.248 e. The molecule has 228 valence electrons. The van der Waals surface area contributed by atoms with Crippen molar-refractivity contribution in [3.63, 3.8) is 0 Å². The molecular formula is C29H38F6N4S2. The first-order valence-corrected chi connectivity index (χ1v) is 16.2. The normalized spacial score (nSPS) is 22.3. The topological polar surface area (TPSA) is 83.4 Å². The molecule has 4 nitrogen and oxygen atoms in total. The summed E-state index contributed by atoms with van der Waals surface area (Å²) in [6, 6.07) is 5.25. The minimum Gasteiger partial charge on any atom is -0.387 e. The van der Waals surface area contributed by atoms with Gasteiger partial charge in [-0.2, -0.15) is 15.8 Å². The van der Waals surface area contributed by atoms with Crippen molar-refractivity contribution in [2.45, 2.75) is 98.8 Å². The van der Waals surface area contributed by atoms with Gasteiger partial charge in [0.05, 0.1) is 22.1 Å². The monoisotopic (exact) mass is 620 g/mol. The van der Waals surface area contributed by atoms with E-state index in [1.54, 1.807) is 0 Å². The van der Waals surface area contributed by atoms with Crippen LogP contribution in [0.5, 0.6) is 0 Å². The number of hydrogen-bond acceptors (Lipinski definition) is 4. The number of rotatable bonds is 11. The lowest BCUT2D eigenvalue weighted by Crippen LogP contribution is -2.28. The molecule has 41 heavy (non-hydrogen) atoms. The molecule has 0 saturated heterocycles. The number of allylic oxidation sites excluding steroid dienone is 8. The van der Waals surface area contributed by atoms with Gasteiger partial charge >= 0.3 is 0 Å². The highest BCUT2D eigenvalue weighted by atomic mass is 32.3. The van der Waals surface area contributed by atoms with Crippen LogP contribution in [-0.2, 0) is 0 Å². The number of hydrogen-bond donors (Lipinski definition) is 1. The molecule has 0 amide bonds. The summed E-state index contributed by atoms with van der Waals surface area (Å²) in [5, 5.41) is 31.7. The summed E-state index contributed by atoms with van der Waals surface area (Å²) < 4.78 is 81.1. The van der Waals surface area contributed by atoms with Crippen molar-refractivity contribution in [1.82, 2.24) is 5.32 Å². The molecule has 12 heteroatoms. The van der Waals surface area contributed by atoms with Gasteiger partial charge in [-0.05, 0) is 68.3 Å². The van der Waals surface area contributed by atoms with Crippen molar-refractivity contribution in [2.75, 3.05) is 6.54 Å². The van der Waals surface area contributed by atoms with E-state index in [-0.39, 0.29) is 35.1 Å². The van der Waals surface area contributed by atoms with Crippen LogP contribution in [-0.4, -0.2) is 6.54 Å². The lowest BCUT2D eigenvalue weighted by atomic mass is 9.71. The van der Waals surface area contributed by atoms with Gasteiger partial charge in [-0.1, -0.05) is 52.5 Å². The number of nitrogens with zero attached hydrogens (tertiary/aromatic N) is 3. The Kier molecular flexibility index (Phi) is 11.6. The summed E-state index contributed by atoms with van der Waals surface area (Å²) in [4.78, 5) is -1.86. The summed E-state index contributed by atoms with van der Waals surface area (Å²) in [7, 11) is 0. The van der Waals surface area contributed by atoms with Gasteiger partial charge in [0, 0.05) is 17.8 Å². The van der Waals surface area contributed by atoms with Gasteiger partial charge in [-0.25, -0.2) is 0 Å². The van der Waals surface area contributed by atoms with E-state index >= 15 is 0 Å². The predicted octanol–water partition coefficient (Wildman–Crippen LogP) is 11.1. The van der Waals surface area contributed by atoms with Crippen LogP contribution in [0.2, 0.25) is 0 Å². The zero-order valence-corrected chi connectivity index (χ0v) is 25.8. The van der Waals surface area contributed by atoms with Crippen LogP contribution in [0.3, 0.4) is 0 Å². The van der Waals surface area contributed by atoms with Crippen LogP contribution in [0.15, 0.2) is 43.4 Å². The van der Waals surface area contributed by atoms with E-state index in [9.17, 15) is 39.1 Å². The fourth-order valence-electron chi connectivity index (χ4n) is 5.66. The van der Waals surface area contributed by atoms with Crippen LogP contribution >= 0.6 is 22.4 Å². The van der Waals surface area contributed by atoms with E-state index in [0.717, 1.165) is 32.6 Å². The highest BCUT2D eigenvalue weighted by molar-refractivity contribution is 8.24. The fraction of sp³-hybridized carbons (Fsp3) is 0.621. The molecule has 0 spiro atoms. The fourth-order valence-corrected chi connectivity index (χ4v) is 6.67. The van der Waals surface area contributed by atoms with Gasteiger partial charge in [0.25, 0.3) is 0 Å². The molecule has 2 aliphatic carbocycles. The Morgan fingerprint density at radius 1 is 0.732 bits per heavy atom. The maximum absolute atomic E-state index is 13.5. The van der Waals surface area contributed by atoms with Crippen LogP contribution in [0.25, 0.3) is 0 Å². The van der Waals surface area contributed by atoms with Crippen molar-refractivity contribution < 1.29 is 23.3 Å². The number of nitriles is 3. The zero-order chi connectivity index (χ0) is 31.2. The second-order valence-corrected chi connectivity index (χ2v) is 14.9. The zero-order valence-electron chi connectivity index (χ0n) is 24.2. The highest BCUT2D eigenvalue weighted by Crippen LogP contribution is 2.64. The van der Waals surface area contributed by atoms with E-state index in [1.807, 2.05) is 39.8 Å². The van der Waals surface area contributed by atoms with Gasteiger partial charge < -0.3 is 5.32 Å². The van der Waals surface area contributed by atoms with Gasteiger partial charge in [0.15, 0.2) is 4.91 Å². The van der Waals surface area contributed by atoms with E-state index in [2.05, 4.69) is 5.32 Å². The molecule has 0 aromatic rings. The Hall–Kier alpha value is -2.49. The molecular weight excluding hydrogens is 582 g/mol. The Morgan fingerprint density at radius 3 is 1.80 bits per heavy atom. The Labute approximate surface area is 244 Å². The van der Waals surface area contributed by atoms with Crippen molar-refractivity contribution >= 4 is 22.4 Å². The third-order valence-corrected chi connectivity index (χ3v) is 9.25. The lowest BCUT2D eigenvalue weighted by molar-refractivity contribution is 0.337. The molecule has 1 N–H and O–H groups in total. The third-order valence-electron chi connectivity index (χ3n) is 7.51. The van der Waals surface area contributed by atoms with Crippen LogP contribution < -0.4 is 5.32 Å². The van der Waals surface area contributed by atoms with Crippen molar-refractivity contribution in [2.24, 2.45) is 10.8 Å². The number of halogens is 6. The third kappa shape index (κ3) is 9.51. The first kappa shape index (κ1) is 34.7. The molecule has 0 aliphatic heterocycles. The largest absolute Gasteiger partial charge is 0.387 e. The molecule has 0 saturated carbocycles. The molecule has 0 bridgehead atoms. The van der Waals surface area contributed by atoms with Crippen LogP contribution in [0.4, 0.5) is 23.3 Å². The summed E-state index contributed by atoms with van der Waals surface area (Å²) in [5.74, 6) is 0. The quantitative estimate of drug-likeness (QED) is 0.141. The maximum atomic E-state index is 13.5. The molecule has 0 unspecified atom stereocenters. The van der Waals surface area contributed by atoms with Crippen LogP contribution in [0.1, 0.15) is 98.8 Å².